The fourth-order valence-corrected chi connectivity index (χ4v) is 19.1. The van der Waals surface area contributed by atoms with Crippen LogP contribution in [0, 0.1) is 0 Å². The highest BCUT2D eigenvalue weighted by atomic mass is 15.1. The van der Waals surface area contributed by atoms with E-state index in [1.807, 2.05) is 60.7 Å². The lowest BCUT2D eigenvalue weighted by molar-refractivity contribution is 0.660. The highest BCUT2D eigenvalue weighted by Crippen LogP contribution is 2.55. The SMILES string of the molecule is CC1(C)c2ccccc2-c2ccc(N(c3ccccc3)c3ccc(-c4ccc(-n5c6cccc7c6c6c8c(cc(-c9ccccc9)cc8ccc65)-c5ccccc5-7)cc4)cc3)cc21.c1ccc(-c2cc3c4c(ccc5c4c4c(cccc4n5-c4ccc(-c5nc(-c6ccccc6)nc(-c6ccccc6)n5)cc4)-c4ccccc4-3)c2)cc1. The number of hydrogen-bond acceptors (Lipinski definition) is 4. The van der Waals surface area contributed by atoms with Crippen LogP contribution in [0.25, 0.3) is 200 Å². The normalized spacial score (nSPS) is 12.5. The molecule has 0 unspecified atom stereocenters. The summed E-state index contributed by atoms with van der Waals surface area (Å²) in [6, 6.07) is 145. The molecule has 0 radical (unpaired) electrons. The third-order valence-electron chi connectivity index (χ3n) is 24.5. The van der Waals surface area contributed by atoms with Gasteiger partial charge in [0.05, 0.1) is 22.1 Å². The molecular weight excluding hydrogens is 1410 g/mol. The van der Waals surface area contributed by atoms with Gasteiger partial charge in [-0.1, -0.05) is 293 Å². The predicted octanol–water partition coefficient (Wildman–Crippen LogP) is 29.1. The maximum atomic E-state index is 4.98. The molecule has 21 aromatic rings. The first-order chi connectivity index (χ1) is 57.3. The Kier molecular flexibility index (Phi) is 15.2. The van der Waals surface area contributed by atoms with Crippen molar-refractivity contribution < 1.29 is 0 Å². The highest BCUT2D eigenvalue weighted by molar-refractivity contribution is 6.32. The van der Waals surface area contributed by atoms with Crippen molar-refractivity contribution in [2.24, 2.45) is 0 Å². The van der Waals surface area contributed by atoms with Crippen LogP contribution in [0.2, 0.25) is 0 Å². The van der Waals surface area contributed by atoms with E-state index in [0.717, 1.165) is 45.1 Å². The Morgan fingerprint density at radius 1 is 0.207 bits per heavy atom. The fraction of sp³-hybridized carbons (Fsp3) is 0.0273. The molecule has 6 heteroatoms. The molecular formula is C110H72N6. The molecule has 0 atom stereocenters. The lowest BCUT2D eigenvalue weighted by atomic mass is 9.82. The van der Waals surface area contributed by atoms with Gasteiger partial charge in [0, 0.05) is 72.1 Å². The third kappa shape index (κ3) is 10.6. The monoisotopic (exact) mass is 1480 g/mol. The second-order valence-electron chi connectivity index (χ2n) is 31.3. The fourth-order valence-electron chi connectivity index (χ4n) is 19.1. The van der Waals surface area contributed by atoms with E-state index in [-0.39, 0.29) is 5.41 Å². The topological polar surface area (TPSA) is 51.8 Å². The highest BCUT2D eigenvalue weighted by Gasteiger charge is 2.36. The van der Waals surface area contributed by atoms with Crippen molar-refractivity contribution in [3.63, 3.8) is 0 Å². The lowest BCUT2D eigenvalue weighted by Crippen LogP contribution is -2.16. The Labute approximate surface area is 672 Å². The minimum Gasteiger partial charge on any atom is -0.310 e. The van der Waals surface area contributed by atoms with E-state index in [9.17, 15) is 0 Å². The number of hydrogen-bond donors (Lipinski definition) is 0. The molecule has 18 aromatic carbocycles. The zero-order chi connectivity index (χ0) is 76.7. The van der Waals surface area contributed by atoms with Gasteiger partial charge in [-0.05, 0) is 243 Å². The summed E-state index contributed by atoms with van der Waals surface area (Å²) in [7, 11) is 0. The number of para-hydroxylation sites is 1. The summed E-state index contributed by atoms with van der Waals surface area (Å²) in [5.41, 5.74) is 36.2. The van der Waals surface area contributed by atoms with Gasteiger partial charge in [-0.3, -0.25) is 0 Å². The van der Waals surface area contributed by atoms with Gasteiger partial charge >= 0.3 is 0 Å². The van der Waals surface area contributed by atoms with E-state index in [4.69, 9.17) is 15.0 Å². The summed E-state index contributed by atoms with van der Waals surface area (Å²) in [4.78, 5) is 17.2. The summed E-state index contributed by atoms with van der Waals surface area (Å²) < 4.78 is 4.88. The minimum absolute atomic E-state index is 0.0773. The number of aromatic nitrogens is 5. The van der Waals surface area contributed by atoms with Crippen molar-refractivity contribution in [2.75, 3.05) is 4.90 Å². The first-order valence-corrected chi connectivity index (χ1v) is 40.0. The molecule has 0 aliphatic heterocycles. The summed E-state index contributed by atoms with van der Waals surface area (Å²) >= 11 is 0. The Morgan fingerprint density at radius 3 is 1.01 bits per heavy atom. The number of rotatable bonds is 11. The molecule has 0 fully saturated rings. The van der Waals surface area contributed by atoms with Gasteiger partial charge in [-0.2, -0.15) is 0 Å². The Balaban J connectivity index is 0.000000139. The van der Waals surface area contributed by atoms with Gasteiger partial charge < -0.3 is 14.0 Å². The zero-order valence-electron chi connectivity index (χ0n) is 63.8. The minimum atomic E-state index is -0.0773. The van der Waals surface area contributed by atoms with Crippen molar-refractivity contribution >= 4 is 82.2 Å². The summed E-state index contributed by atoms with van der Waals surface area (Å²) in [6.45, 7) is 4.70. The number of anilines is 3. The van der Waals surface area contributed by atoms with Crippen LogP contribution in [0.4, 0.5) is 17.1 Å². The van der Waals surface area contributed by atoms with Crippen molar-refractivity contribution in [3.05, 3.63) is 412 Å². The van der Waals surface area contributed by atoms with E-state index in [1.165, 1.54) is 165 Å². The van der Waals surface area contributed by atoms with Gasteiger partial charge in [0.2, 0.25) is 0 Å². The van der Waals surface area contributed by atoms with Gasteiger partial charge in [0.15, 0.2) is 17.5 Å². The molecule has 0 N–H and O–H groups in total. The molecule has 0 amide bonds. The van der Waals surface area contributed by atoms with Crippen LogP contribution in [0.5, 0.6) is 0 Å². The van der Waals surface area contributed by atoms with Crippen LogP contribution < -0.4 is 4.90 Å². The average Bonchev–Trinajstić information content (AvgIpc) is 1.57. The van der Waals surface area contributed by atoms with Gasteiger partial charge in [0.25, 0.3) is 0 Å². The Bertz CT molecular complexity index is 7480. The summed E-state index contributed by atoms with van der Waals surface area (Å²) in [5.74, 6) is 1.95. The smallest absolute Gasteiger partial charge is 0.164 e. The molecule has 0 saturated carbocycles. The third-order valence-corrected chi connectivity index (χ3v) is 24.5. The first kappa shape index (κ1) is 66.7. The van der Waals surface area contributed by atoms with Gasteiger partial charge in [0.1, 0.15) is 0 Å². The van der Waals surface area contributed by atoms with Gasteiger partial charge in [-0.15, -0.1) is 0 Å². The maximum absolute atomic E-state index is 4.98. The molecule has 116 heavy (non-hydrogen) atoms. The Morgan fingerprint density at radius 2 is 0.543 bits per heavy atom. The largest absolute Gasteiger partial charge is 0.310 e. The summed E-state index contributed by atoms with van der Waals surface area (Å²) in [5, 5.41) is 10.3. The molecule has 3 aliphatic rings. The van der Waals surface area contributed by atoms with Crippen molar-refractivity contribution in [2.45, 2.75) is 19.3 Å². The van der Waals surface area contributed by atoms with Crippen molar-refractivity contribution in [1.82, 2.24) is 24.1 Å². The molecule has 0 saturated heterocycles. The molecule has 24 rings (SSSR count). The Hall–Kier alpha value is -15.1. The first-order valence-electron chi connectivity index (χ1n) is 40.0. The second-order valence-corrected chi connectivity index (χ2v) is 31.3. The standard InChI is InChI=1S/C61H42N2.C49H30N4/c1-61(2)54-22-12-11-20-50(54)51-34-33-47(38-55(51)61)62(44-16-7-4-8-17-44)45-29-24-40(25-30-45)41-26-31-46(32-27-41)63-56-23-13-21-52-48-18-9-10-19-49(48)53-37-43(39-14-5-3-6-15-39)36-42-28-35-57(63)60(58(42)53)59(52)56;1-4-13-31(14-5-1)36-29-35-25-28-43-46-44(35)41(30-36)39-20-11-10-19-38(39)40-21-12-22-42(45(40)46)53(43)37-26-23-34(24-27-37)49-51-47(32-15-6-2-7-16-32)50-48(52-49)33-17-8-3-9-18-33/h3-38H,1-2H3;1-30H. The molecule has 3 aromatic heterocycles. The maximum Gasteiger partial charge on any atom is 0.164 e. The van der Waals surface area contributed by atoms with E-state index in [0.29, 0.717) is 17.5 Å². The zero-order valence-corrected chi connectivity index (χ0v) is 63.8. The van der Waals surface area contributed by atoms with Crippen LogP contribution in [0.15, 0.2) is 400 Å². The quantitative estimate of drug-likeness (QED) is 0.129. The molecule has 3 aliphatic carbocycles. The van der Waals surface area contributed by atoms with Crippen LogP contribution in [-0.2, 0) is 5.41 Å². The average molecular weight is 1480 g/mol. The molecule has 0 bridgehead atoms. The van der Waals surface area contributed by atoms with E-state index in [2.05, 4.69) is 368 Å². The van der Waals surface area contributed by atoms with Crippen molar-refractivity contribution in [1.29, 1.82) is 0 Å². The number of benzene rings is 18. The summed E-state index contributed by atoms with van der Waals surface area (Å²) in [6.07, 6.45) is 0. The molecule has 542 valence electrons. The van der Waals surface area contributed by atoms with E-state index >= 15 is 0 Å². The van der Waals surface area contributed by atoms with Gasteiger partial charge in [-0.25, -0.2) is 15.0 Å². The van der Waals surface area contributed by atoms with Crippen LogP contribution in [0.1, 0.15) is 25.0 Å². The predicted molar refractivity (Wildman–Crippen MR) is 484 cm³/mol. The molecule has 6 nitrogen and oxygen atoms in total. The molecule has 0 spiro atoms. The number of fused-ring (bicyclic) bond motifs is 9. The lowest BCUT2D eigenvalue weighted by Gasteiger charge is -2.28. The van der Waals surface area contributed by atoms with Crippen LogP contribution >= 0.6 is 0 Å². The van der Waals surface area contributed by atoms with E-state index in [1.54, 1.807) is 0 Å². The second kappa shape index (κ2) is 26.5. The van der Waals surface area contributed by atoms with Crippen LogP contribution in [-0.4, -0.2) is 24.1 Å². The number of nitrogens with zero attached hydrogens (tertiary/aromatic N) is 6. The van der Waals surface area contributed by atoms with Crippen LogP contribution in [0.3, 0.4) is 0 Å². The molecule has 3 heterocycles. The van der Waals surface area contributed by atoms with E-state index < -0.39 is 0 Å². The van der Waals surface area contributed by atoms with Crippen molar-refractivity contribution in [3.8, 4) is 135 Å².